The lowest BCUT2D eigenvalue weighted by Crippen LogP contribution is -2.38. The van der Waals surface area contributed by atoms with E-state index < -0.39 is 0 Å². The smallest absolute Gasteiger partial charge is 0.308 e. The number of aryl methyl sites for hydroxylation is 2. The molecule has 2 aromatic heterocycles. The van der Waals surface area contributed by atoms with E-state index in [1.54, 1.807) is 0 Å². The number of nitrogens with one attached hydrogen (secondary N) is 1. The molecular formula is C31H29N5O. The standard InChI is InChI=1S/C31H29N5O/c1-3-27-26-21-35(31(37)32-24-15-10-12-22(2)20-24)29(23-13-6-4-7-14-23)28-18-11-19-34(28)30(26)36(33-27)25-16-8-5-9-17-25/h4-20,29H,3,21H2,1-2H3,(H,32,37). The molecule has 0 saturated heterocycles. The fraction of sp³-hybridized carbons (Fsp3) is 0.161. The van der Waals surface area contributed by atoms with Crippen molar-refractivity contribution in [2.45, 2.75) is 32.9 Å². The lowest BCUT2D eigenvalue weighted by atomic mass is 10.0. The van der Waals surface area contributed by atoms with Gasteiger partial charge < -0.3 is 14.8 Å². The van der Waals surface area contributed by atoms with Crippen LogP contribution in [0.4, 0.5) is 10.5 Å². The van der Waals surface area contributed by atoms with Gasteiger partial charge in [0.25, 0.3) is 0 Å². The van der Waals surface area contributed by atoms with Crippen LogP contribution in [0.15, 0.2) is 103 Å². The van der Waals surface area contributed by atoms with Crippen molar-refractivity contribution in [2.24, 2.45) is 0 Å². The normalized spacial score (nSPS) is 14.5. The van der Waals surface area contributed by atoms with Gasteiger partial charge in [-0.1, -0.05) is 67.6 Å². The van der Waals surface area contributed by atoms with Crippen LogP contribution in [0.3, 0.4) is 0 Å². The number of fused-ring (bicyclic) bond motifs is 3. The summed E-state index contributed by atoms with van der Waals surface area (Å²) in [6, 6.07) is 32.1. The first kappa shape index (κ1) is 22.9. The molecule has 0 radical (unpaired) electrons. The van der Waals surface area contributed by atoms with Crippen LogP contribution >= 0.6 is 0 Å². The number of hydrogen-bond donors (Lipinski definition) is 1. The van der Waals surface area contributed by atoms with E-state index in [1.165, 1.54) is 0 Å². The first-order chi connectivity index (χ1) is 18.1. The van der Waals surface area contributed by atoms with Crippen molar-refractivity contribution in [1.29, 1.82) is 0 Å². The average molecular weight is 488 g/mol. The molecule has 3 aromatic carbocycles. The molecular weight excluding hydrogens is 458 g/mol. The number of aromatic nitrogens is 3. The maximum atomic E-state index is 14.0. The highest BCUT2D eigenvalue weighted by Gasteiger charge is 2.36. The third-order valence-electron chi connectivity index (χ3n) is 6.95. The number of para-hydroxylation sites is 1. The number of amides is 2. The van der Waals surface area contributed by atoms with Crippen molar-refractivity contribution >= 4 is 11.7 Å². The molecule has 0 aliphatic carbocycles. The summed E-state index contributed by atoms with van der Waals surface area (Å²) in [5.41, 5.74) is 7.00. The number of hydrogen-bond acceptors (Lipinski definition) is 2. The SMILES string of the molecule is CCc1nn(-c2ccccc2)c2c1CN(C(=O)Nc1cccc(C)c1)C(c1ccccc1)c1cccn1-2. The largest absolute Gasteiger partial charge is 0.322 e. The quantitative estimate of drug-likeness (QED) is 0.308. The Bertz CT molecular complexity index is 1550. The zero-order chi connectivity index (χ0) is 25.4. The van der Waals surface area contributed by atoms with E-state index in [9.17, 15) is 4.79 Å². The molecule has 2 amide bonds. The van der Waals surface area contributed by atoms with Crippen LogP contribution in [0.2, 0.25) is 0 Å². The summed E-state index contributed by atoms with van der Waals surface area (Å²) in [6.07, 6.45) is 2.84. The van der Waals surface area contributed by atoms with Crippen molar-refractivity contribution in [3.05, 3.63) is 131 Å². The first-order valence-corrected chi connectivity index (χ1v) is 12.7. The Labute approximate surface area is 216 Å². The molecule has 0 bridgehead atoms. The molecule has 5 aromatic rings. The molecule has 6 nitrogen and oxygen atoms in total. The molecule has 0 saturated carbocycles. The van der Waals surface area contributed by atoms with Crippen LogP contribution in [0.1, 0.15) is 41.0 Å². The monoisotopic (exact) mass is 487 g/mol. The van der Waals surface area contributed by atoms with E-state index in [1.807, 2.05) is 83.2 Å². The summed E-state index contributed by atoms with van der Waals surface area (Å²) in [5.74, 6) is 0.981. The minimum absolute atomic E-state index is 0.144. The van der Waals surface area contributed by atoms with Crippen LogP contribution in [-0.4, -0.2) is 25.3 Å². The van der Waals surface area contributed by atoms with Crippen molar-refractivity contribution in [3.8, 4) is 11.5 Å². The molecule has 0 fully saturated rings. The van der Waals surface area contributed by atoms with Crippen molar-refractivity contribution in [2.75, 3.05) is 5.32 Å². The maximum Gasteiger partial charge on any atom is 0.322 e. The number of carbonyl (C=O) groups is 1. The second kappa shape index (κ2) is 9.47. The van der Waals surface area contributed by atoms with E-state index in [4.69, 9.17) is 5.10 Å². The number of rotatable bonds is 4. The fourth-order valence-corrected chi connectivity index (χ4v) is 5.25. The van der Waals surface area contributed by atoms with Gasteiger partial charge in [-0.05, 0) is 60.9 Å². The summed E-state index contributed by atoms with van der Waals surface area (Å²) < 4.78 is 4.22. The second-order valence-electron chi connectivity index (χ2n) is 9.39. The third-order valence-corrected chi connectivity index (χ3v) is 6.95. The van der Waals surface area contributed by atoms with Gasteiger partial charge in [-0.15, -0.1) is 0 Å². The highest BCUT2D eigenvalue weighted by molar-refractivity contribution is 5.90. The predicted molar refractivity (Wildman–Crippen MR) is 146 cm³/mol. The van der Waals surface area contributed by atoms with Gasteiger partial charge >= 0.3 is 6.03 Å². The van der Waals surface area contributed by atoms with Gasteiger partial charge in [0.1, 0.15) is 5.82 Å². The summed E-state index contributed by atoms with van der Waals surface area (Å²) in [6.45, 7) is 4.58. The third kappa shape index (κ3) is 4.10. The zero-order valence-corrected chi connectivity index (χ0v) is 21.0. The number of nitrogens with zero attached hydrogens (tertiary/aromatic N) is 4. The van der Waals surface area contributed by atoms with E-state index in [2.05, 4.69) is 53.3 Å². The minimum atomic E-state index is -0.276. The van der Waals surface area contributed by atoms with Gasteiger partial charge in [-0.2, -0.15) is 5.10 Å². The molecule has 1 aliphatic heterocycles. The van der Waals surface area contributed by atoms with Crippen LogP contribution in [0, 0.1) is 6.92 Å². The Balaban J connectivity index is 1.55. The lowest BCUT2D eigenvalue weighted by molar-refractivity contribution is 0.194. The molecule has 1 N–H and O–H groups in total. The van der Waals surface area contributed by atoms with E-state index in [-0.39, 0.29) is 12.1 Å². The van der Waals surface area contributed by atoms with Crippen molar-refractivity contribution in [1.82, 2.24) is 19.2 Å². The second-order valence-corrected chi connectivity index (χ2v) is 9.39. The van der Waals surface area contributed by atoms with Gasteiger partial charge in [0, 0.05) is 17.4 Å². The Kier molecular flexibility index (Phi) is 5.85. The molecule has 1 atom stereocenters. The van der Waals surface area contributed by atoms with Crippen molar-refractivity contribution < 1.29 is 4.79 Å². The predicted octanol–water partition coefficient (Wildman–Crippen LogP) is 6.67. The van der Waals surface area contributed by atoms with E-state index >= 15 is 0 Å². The average Bonchev–Trinajstić information content (AvgIpc) is 3.51. The van der Waals surface area contributed by atoms with Gasteiger partial charge in [0.2, 0.25) is 0 Å². The van der Waals surface area contributed by atoms with Crippen LogP contribution in [0.25, 0.3) is 11.5 Å². The summed E-state index contributed by atoms with van der Waals surface area (Å²) in [7, 11) is 0. The Morgan fingerprint density at radius 3 is 2.43 bits per heavy atom. The van der Waals surface area contributed by atoms with E-state index in [0.29, 0.717) is 6.54 Å². The Morgan fingerprint density at radius 2 is 1.70 bits per heavy atom. The number of anilines is 1. The number of carbonyl (C=O) groups excluding carboxylic acids is 1. The number of urea groups is 1. The minimum Gasteiger partial charge on any atom is -0.308 e. The molecule has 184 valence electrons. The van der Waals surface area contributed by atoms with Gasteiger partial charge in [-0.25, -0.2) is 9.48 Å². The topological polar surface area (TPSA) is 55.1 Å². The molecule has 6 heteroatoms. The highest BCUT2D eigenvalue weighted by Crippen LogP contribution is 2.39. The molecule has 6 rings (SSSR count). The van der Waals surface area contributed by atoms with E-state index in [0.717, 1.165) is 51.7 Å². The highest BCUT2D eigenvalue weighted by atomic mass is 16.2. The molecule has 37 heavy (non-hydrogen) atoms. The maximum absolute atomic E-state index is 14.0. The fourth-order valence-electron chi connectivity index (χ4n) is 5.25. The molecule has 0 spiro atoms. The summed E-state index contributed by atoms with van der Waals surface area (Å²) in [5, 5.41) is 8.19. The zero-order valence-electron chi connectivity index (χ0n) is 21.0. The number of benzene rings is 3. The molecule has 1 unspecified atom stereocenters. The van der Waals surface area contributed by atoms with Crippen LogP contribution in [-0.2, 0) is 13.0 Å². The van der Waals surface area contributed by atoms with Crippen LogP contribution in [0.5, 0.6) is 0 Å². The van der Waals surface area contributed by atoms with Crippen LogP contribution < -0.4 is 5.32 Å². The summed E-state index contributed by atoms with van der Waals surface area (Å²) in [4.78, 5) is 15.9. The summed E-state index contributed by atoms with van der Waals surface area (Å²) >= 11 is 0. The molecule has 1 aliphatic rings. The Hall–Kier alpha value is -4.58. The van der Waals surface area contributed by atoms with Gasteiger partial charge in [0.05, 0.1) is 29.7 Å². The van der Waals surface area contributed by atoms with Gasteiger partial charge in [-0.3, -0.25) is 0 Å². The van der Waals surface area contributed by atoms with Crippen molar-refractivity contribution in [3.63, 3.8) is 0 Å². The first-order valence-electron chi connectivity index (χ1n) is 12.7. The Morgan fingerprint density at radius 1 is 0.946 bits per heavy atom. The van der Waals surface area contributed by atoms with Gasteiger partial charge in [0.15, 0.2) is 0 Å². The lowest BCUT2D eigenvalue weighted by Gasteiger charge is -2.31. The molecule has 3 heterocycles.